The van der Waals surface area contributed by atoms with Gasteiger partial charge in [-0.2, -0.15) is 0 Å². The highest BCUT2D eigenvalue weighted by Gasteiger charge is 2.36. The number of imidazole rings is 1. The van der Waals surface area contributed by atoms with Crippen LogP contribution in [0.5, 0.6) is 0 Å². The molecule has 1 saturated heterocycles. The maximum absolute atomic E-state index is 13.7. The third-order valence-electron chi connectivity index (χ3n) is 7.08. The molecule has 3 heterocycles. The number of nitrogens with one attached hydrogen (secondary N) is 1. The number of piperidine rings is 1. The molecule has 0 unspecified atom stereocenters. The summed E-state index contributed by atoms with van der Waals surface area (Å²) in [7, 11) is 0. The Balaban J connectivity index is 1.26. The quantitative estimate of drug-likeness (QED) is 0.665. The molecule has 32 heavy (non-hydrogen) atoms. The zero-order valence-corrected chi connectivity index (χ0v) is 18.8. The SMILES string of the molecule is Cc1ccc(CN2Cc3[nH]cnc3C[C@H]2C(=O)N2CCC(Cc3ccccc3)CC2)cc1. The first kappa shape index (κ1) is 21.0. The molecule has 0 spiro atoms. The fraction of sp³-hybridized carbons (Fsp3) is 0.407. The lowest BCUT2D eigenvalue weighted by atomic mass is 9.89. The number of carbonyl (C=O) groups is 1. The van der Waals surface area contributed by atoms with Crippen LogP contribution in [0.1, 0.15) is 40.9 Å². The van der Waals surface area contributed by atoms with Crippen molar-refractivity contribution < 1.29 is 4.79 Å². The molecule has 2 aliphatic rings. The molecule has 1 aromatic heterocycles. The number of likely N-dealkylation sites (tertiary alicyclic amines) is 1. The highest BCUT2D eigenvalue weighted by molar-refractivity contribution is 5.82. The zero-order valence-electron chi connectivity index (χ0n) is 18.8. The van der Waals surface area contributed by atoms with E-state index in [2.05, 4.69) is 81.3 Å². The van der Waals surface area contributed by atoms with E-state index in [1.54, 1.807) is 6.33 Å². The van der Waals surface area contributed by atoms with Gasteiger partial charge in [0.2, 0.25) is 5.91 Å². The molecular weight excluding hydrogens is 396 g/mol. The van der Waals surface area contributed by atoms with E-state index in [9.17, 15) is 4.79 Å². The number of nitrogens with zero attached hydrogens (tertiary/aromatic N) is 3. The molecule has 1 atom stereocenters. The number of carbonyl (C=O) groups excluding carboxylic acids is 1. The van der Waals surface area contributed by atoms with Crippen molar-refractivity contribution in [2.24, 2.45) is 5.92 Å². The summed E-state index contributed by atoms with van der Waals surface area (Å²) in [5.41, 5.74) is 6.09. The maximum Gasteiger partial charge on any atom is 0.240 e. The second kappa shape index (κ2) is 9.29. The topological polar surface area (TPSA) is 52.2 Å². The Morgan fingerprint density at radius 3 is 2.53 bits per heavy atom. The molecule has 1 fully saturated rings. The van der Waals surface area contributed by atoms with Crippen LogP contribution in [-0.2, 0) is 30.7 Å². The van der Waals surface area contributed by atoms with Crippen LogP contribution in [0.4, 0.5) is 0 Å². The minimum atomic E-state index is -0.141. The lowest BCUT2D eigenvalue weighted by Crippen LogP contribution is -2.53. The smallest absolute Gasteiger partial charge is 0.240 e. The number of aromatic amines is 1. The average molecular weight is 429 g/mol. The number of hydrogen-bond donors (Lipinski definition) is 1. The van der Waals surface area contributed by atoms with Crippen molar-refractivity contribution in [1.82, 2.24) is 19.8 Å². The van der Waals surface area contributed by atoms with E-state index in [0.717, 1.165) is 56.8 Å². The summed E-state index contributed by atoms with van der Waals surface area (Å²) in [6.07, 6.45) is 5.73. The summed E-state index contributed by atoms with van der Waals surface area (Å²) in [5, 5.41) is 0. The Kier molecular flexibility index (Phi) is 6.08. The number of aromatic nitrogens is 2. The van der Waals surface area contributed by atoms with Gasteiger partial charge in [-0.05, 0) is 43.2 Å². The van der Waals surface area contributed by atoms with Crippen LogP contribution < -0.4 is 0 Å². The molecule has 0 bridgehead atoms. The second-order valence-corrected chi connectivity index (χ2v) is 9.40. The minimum absolute atomic E-state index is 0.141. The van der Waals surface area contributed by atoms with Crippen molar-refractivity contribution in [3.05, 3.63) is 89.0 Å². The number of H-pyrrole nitrogens is 1. The van der Waals surface area contributed by atoms with Gasteiger partial charge in [0.05, 0.1) is 23.8 Å². The summed E-state index contributed by atoms with van der Waals surface area (Å²) in [6, 6.07) is 19.2. The third kappa shape index (κ3) is 4.63. The predicted octanol–water partition coefficient (Wildman–Crippen LogP) is 4.13. The number of hydrogen-bond acceptors (Lipinski definition) is 3. The van der Waals surface area contributed by atoms with Crippen LogP contribution in [-0.4, -0.2) is 44.8 Å². The molecule has 0 saturated carbocycles. The fourth-order valence-corrected chi connectivity index (χ4v) is 5.14. The first-order valence-corrected chi connectivity index (χ1v) is 11.8. The van der Waals surface area contributed by atoms with Crippen molar-refractivity contribution in [2.75, 3.05) is 13.1 Å². The minimum Gasteiger partial charge on any atom is -0.347 e. The van der Waals surface area contributed by atoms with Gasteiger partial charge in [0, 0.05) is 32.6 Å². The molecule has 2 aromatic carbocycles. The van der Waals surface area contributed by atoms with Gasteiger partial charge in [-0.3, -0.25) is 9.69 Å². The van der Waals surface area contributed by atoms with Crippen molar-refractivity contribution in [1.29, 1.82) is 0 Å². The number of rotatable bonds is 5. The van der Waals surface area contributed by atoms with Crippen LogP contribution >= 0.6 is 0 Å². The molecule has 166 valence electrons. The Bertz CT molecular complexity index is 1040. The largest absolute Gasteiger partial charge is 0.347 e. The average Bonchev–Trinajstić information content (AvgIpc) is 3.28. The fourth-order valence-electron chi connectivity index (χ4n) is 5.14. The Morgan fingerprint density at radius 2 is 1.78 bits per heavy atom. The van der Waals surface area contributed by atoms with E-state index in [0.29, 0.717) is 12.3 Å². The second-order valence-electron chi connectivity index (χ2n) is 9.40. The lowest BCUT2D eigenvalue weighted by Gasteiger charge is -2.39. The van der Waals surface area contributed by atoms with E-state index in [1.807, 2.05) is 0 Å². The van der Waals surface area contributed by atoms with Gasteiger partial charge in [0.1, 0.15) is 0 Å². The van der Waals surface area contributed by atoms with Gasteiger partial charge in [0.25, 0.3) is 0 Å². The van der Waals surface area contributed by atoms with E-state index < -0.39 is 0 Å². The summed E-state index contributed by atoms with van der Waals surface area (Å²) in [6.45, 7) is 5.34. The van der Waals surface area contributed by atoms with Gasteiger partial charge in [0.15, 0.2) is 0 Å². The normalized spacial score (nSPS) is 19.7. The molecular formula is C27H32N4O. The molecule has 5 rings (SSSR count). The Labute approximate surface area is 190 Å². The lowest BCUT2D eigenvalue weighted by molar-refractivity contribution is -0.139. The van der Waals surface area contributed by atoms with Crippen LogP contribution in [0, 0.1) is 12.8 Å². The van der Waals surface area contributed by atoms with E-state index >= 15 is 0 Å². The van der Waals surface area contributed by atoms with Gasteiger partial charge in [-0.25, -0.2) is 4.98 Å². The standard InChI is InChI=1S/C27H32N4O/c1-20-7-9-23(10-8-20)17-31-18-25-24(28-19-29-25)16-26(31)27(32)30-13-11-22(12-14-30)15-21-5-3-2-4-6-21/h2-10,19,22,26H,11-18H2,1H3,(H,28,29)/t26-/m0/s1. The molecule has 1 amide bonds. The maximum atomic E-state index is 13.7. The van der Waals surface area contributed by atoms with Crippen molar-refractivity contribution in [3.8, 4) is 0 Å². The monoisotopic (exact) mass is 428 g/mol. The molecule has 0 radical (unpaired) electrons. The predicted molar refractivity (Wildman–Crippen MR) is 126 cm³/mol. The molecule has 2 aliphatic heterocycles. The summed E-state index contributed by atoms with van der Waals surface area (Å²) in [4.78, 5) is 25.8. The zero-order chi connectivity index (χ0) is 21.9. The third-order valence-corrected chi connectivity index (χ3v) is 7.08. The number of fused-ring (bicyclic) bond motifs is 1. The Hall–Kier alpha value is -2.92. The Morgan fingerprint density at radius 1 is 1.03 bits per heavy atom. The van der Waals surface area contributed by atoms with Gasteiger partial charge in [-0.15, -0.1) is 0 Å². The van der Waals surface area contributed by atoms with E-state index in [1.165, 1.54) is 16.7 Å². The van der Waals surface area contributed by atoms with Crippen molar-refractivity contribution >= 4 is 5.91 Å². The van der Waals surface area contributed by atoms with Gasteiger partial charge < -0.3 is 9.88 Å². The first-order chi connectivity index (χ1) is 15.7. The van der Waals surface area contributed by atoms with Crippen molar-refractivity contribution in [3.63, 3.8) is 0 Å². The van der Waals surface area contributed by atoms with Gasteiger partial charge >= 0.3 is 0 Å². The highest BCUT2D eigenvalue weighted by atomic mass is 16.2. The first-order valence-electron chi connectivity index (χ1n) is 11.8. The summed E-state index contributed by atoms with van der Waals surface area (Å²) < 4.78 is 0. The van der Waals surface area contributed by atoms with Crippen LogP contribution in [0.3, 0.4) is 0 Å². The van der Waals surface area contributed by atoms with Crippen molar-refractivity contribution in [2.45, 2.75) is 51.7 Å². The van der Waals surface area contributed by atoms with Crippen LogP contribution in [0.15, 0.2) is 60.9 Å². The summed E-state index contributed by atoms with van der Waals surface area (Å²) in [5.74, 6) is 0.929. The van der Waals surface area contributed by atoms with Crippen LogP contribution in [0.2, 0.25) is 0 Å². The van der Waals surface area contributed by atoms with Gasteiger partial charge in [-0.1, -0.05) is 60.2 Å². The number of benzene rings is 2. The molecule has 3 aromatic rings. The molecule has 5 heteroatoms. The summed E-state index contributed by atoms with van der Waals surface area (Å²) >= 11 is 0. The van der Waals surface area contributed by atoms with Crippen LogP contribution in [0.25, 0.3) is 0 Å². The molecule has 5 nitrogen and oxygen atoms in total. The number of aryl methyl sites for hydroxylation is 1. The number of amides is 1. The molecule has 1 N–H and O–H groups in total. The highest BCUT2D eigenvalue weighted by Crippen LogP contribution is 2.27. The van der Waals surface area contributed by atoms with E-state index in [4.69, 9.17) is 0 Å². The van der Waals surface area contributed by atoms with E-state index in [-0.39, 0.29) is 11.9 Å². The molecule has 0 aliphatic carbocycles.